The third-order valence-electron chi connectivity index (χ3n) is 4.04. The van der Waals surface area contributed by atoms with Crippen LogP contribution in [0.4, 0.5) is 0 Å². The van der Waals surface area contributed by atoms with E-state index in [-0.39, 0.29) is 31.7 Å². The van der Waals surface area contributed by atoms with Crippen LogP contribution >= 0.6 is 11.6 Å². The van der Waals surface area contributed by atoms with E-state index in [1.54, 1.807) is 30.3 Å². The number of ether oxygens (including phenoxy) is 2. The van der Waals surface area contributed by atoms with Crippen LogP contribution in [0.15, 0.2) is 53.6 Å². The number of carbonyl (C=O) groups excluding carboxylic acids is 1. The minimum Gasteiger partial charge on any atom is -0.490 e. The molecule has 140 valence electrons. The fraction of sp³-hybridized carbons (Fsp3) is 0.250. The highest BCUT2D eigenvalue weighted by Crippen LogP contribution is 2.15. The van der Waals surface area contributed by atoms with Crippen LogP contribution in [0.2, 0.25) is 5.02 Å². The van der Waals surface area contributed by atoms with Gasteiger partial charge in [-0.3, -0.25) is 14.2 Å². The van der Waals surface area contributed by atoms with Crippen LogP contribution in [0.1, 0.15) is 12.0 Å². The highest BCUT2D eigenvalue weighted by atomic mass is 35.5. The van der Waals surface area contributed by atoms with E-state index in [9.17, 15) is 9.59 Å². The maximum atomic E-state index is 12.5. The molecule has 7 heteroatoms. The number of hydrogen-bond acceptors (Lipinski definition) is 5. The lowest BCUT2D eigenvalue weighted by atomic mass is 10.1. The van der Waals surface area contributed by atoms with E-state index in [2.05, 4.69) is 4.98 Å². The Balaban J connectivity index is 1.48. The Morgan fingerprint density at radius 3 is 2.70 bits per heavy atom. The molecule has 0 spiro atoms. The molecule has 3 aromatic rings. The molecule has 0 aliphatic carbocycles. The molecule has 3 rings (SSSR count). The fourth-order valence-electron chi connectivity index (χ4n) is 2.63. The first-order valence-corrected chi connectivity index (χ1v) is 8.91. The fourth-order valence-corrected chi connectivity index (χ4v) is 2.75. The number of para-hydroxylation sites is 1. The minimum atomic E-state index is -0.397. The molecule has 0 fully saturated rings. The number of carbonyl (C=O) groups is 1. The molecule has 0 radical (unpaired) electrons. The monoisotopic (exact) mass is 386 g/mol. The highest BCUT2D eigenvalue weighted by Gasteiger charge is 2.08. The third-order valence-corrected chi connectivity index (χ3v) is 4.29. The first-order chi connectivity index (χ1) is 13.0. The van der Waals surface area contributed by atoms with Crippen molar-refractivity contribution in [2.24, 2.45) is 0 Å². The molecule has 6 nitrogen and oxygen atoms in total. The number of nitrogens with zero attached hydrogens (tertiary/aromatic N) is 2. The SMILES string of the molecule is Cc1cccc2c(=O)n(CCC(=O)OCCOc3ccc(Cl)cc3)cnc12. The van der Waals surface area contributed by atoms with Crippen LogP contribution in [0, 0.1) is 6.92 Å². The van der Waals surface area contributed by atoms with Crippen LogP contribution in [0.5, 0.6) is 5.75 Å². The number of fused-ring (bicyclic) bond motifs is 1. The summed E-state index contributed by atoms with van der Waals surface area (Å²) in [7, 11) is 0. The number of benzene rings is 2. The van der Waals surface area contributed by atoms with Gasteiger partial charge < -0.3 is 9.47 Å². The molecule has 0 atom stereocenters. The van der Waals surface area contributed by atoms with Gasteiger partial charge in [0.2, 0.25) is 0 Å². The van der Waals surface area contributed by atoms with Crippen molar-refractivity contribution in [2.75, 3.05) is 13.2 Å². The molecule has 0 amide bonds. The predicted octanol–water partition coefficient (Wildman–Crippen LogP) is 3.37. The molecule has 0 saturated heterocycles. The van der Waals surface area contributed by atoms with Crippen LogP contribution in [0.3, 0.4) is 0 Å². The largest absolute Gasteiger partial charge is 0.490 e. The minimum absolute atomic E-state index is 0.0832. The topological polar surface area (TPSA) is 70.4 Å². The molecule has 0 aliphatic heterocycles. The summed E-state index contributed by atoms with van der Waals surface area (Å²) in [6.45, 7) is 2.49. The first-order valence-electron chi connectivity index (χ1n) is 8.53. The zero-order chi connectivity index (χ0) is 19.2. The third kappa shape index (κ3) is 4.86. The lowest BCUT2D eigenvalue weighted by Crippen LogP contribution is -2.23. The Labute approximate surface area is 161 Å². The second-order valence-electron chi connectivity index (χ2n) is 5.99. The number of hydrogen-bond donors (Lipinski definition) is 0. The van der Waals surface area contributed by atoms with Gasteiger partial charge in [0.1, 0.15) is 19.0 Å². The highest BCUT2D eigenvalue weighted by molar-refractivity contribution is 6.30. The summed E-state index contributed by atoms with van der Waals surface area (Å²) in [6.07, 6.45) is 1.55. The van der Waals surface area contributed by atoms with Crippen LogP contribution in [-0.2, 0) is 16.1 Å². The van der Waals surface area contributed by atoms with E-state index in [4.69, 9.17) is 21.1 Å². The van der Waals surface area contributed by atoms with Crippen molar-refractivity contribution in [3.8, 4) is 5.75 Å². The van der Waals surface area contributed by atoms with Gasteiger partial charge in [0.05, 0.1) is 23.7 Å². The van der Waals surface area contributed by atoms with E-state index in [0.717, 1.165) is 5.56 Å². The van der Waals surface area contributed by atoms with Crippen LogP contribution < -0.4 is 10.3 Å². The van der Waals surface area contributed by atoms with Gasteiger partial charge in [0, 0.05) is 11.6 Å². The van der Waals surface area contributed by atoms with Crippen molar-refractivity contribution in [2.45, 2.75) is 19.9 Å². The molecule has 0 unspecified atom stereocenters. The van der Waals surface area contributed by atoms with Gasteiger partial charge in [-0.1, -0.05) is 23.7 Å². The molecule has 1 aromatic heterocycles. The van der Waals surface area contributed by atoms with E-state index in [0.29, 0.717) is 21.7 Å². The Morgan fingerprint density at radius 1 is 1.15 bits per heavy atom. The van der Waals surface area contributed by atoms with Crippen molar-refractivity contribution < 1.29 is 14.3 Å². The van der Waals surface area contributed by atoms with Gasteiger partial charge in [0.25, 0.3) is 5.56 Å². The van der Waals surface area contributed by atoms with Crippen LogP contribution in [0.25, 0.3) is 10.9 Å². The Kier molecular flexibility index (Phi) is 6.08. The van der Waals surface area contributed by atoms with Gasteiger partial charge >= 0.3 is 5.97 Å². The van der Waals surface area contributed by atoms with E-state index in [1.807, 2.05) is 19.1 Å². The number of halogens is 1. The average molecular weight is 387 g/mol. The normalized spacial score (nSPS) is 10.7. The summed E-state index contributed by atoms with van der Waals surface area (Å²) >= 11 is 5.80. The lowest BCUT2D eigenvalue weighted by Gasteiger charge is -2.09. The molecular formula is C20H19ClN2O4. The molecule has 0 N–H and O–H groups in total. The number of esters is 1. The zero-order valence-corrected chi connectivity index (χ0v) is 15.6. The second-order valence-corrected chi connectivity index (χ2v) is 6.42. The Bertz CT molecular complexity index is 999. The van der Waals surface area contributed by atoms with E-state index in [1.165, 1.54) is 10.9 Å². The summed E-state index contributed by atoms with van der Waals surface area (Å²) in [5.74, 6) is 0.255. The first kappa shape index (κ1) is 18.9. The summed E-state index contributed by atoms with van der Waals surface area (Å²) in [5.41, 5.74) is 1.46. The summed E-state index contributed by atoms with van der Waals surface area (Å²) < 4.78 is 12.0. The zero-order valence-electron chi connectivity index (χ0n) is 14.9. The summed E-state index contributed by atoms with van der Waals surface area (Å²) in [4.78, 5) is 28.7. The molecular weight excluding hydrogens is 368 g/mol. The predicted molar refractivity (Wildman–Crippen MR) is 103 cm³/mol. The molecule has 27 heavy (non-hydrogen) atoms. The van der Waals surface area contributed by atoms with Gasteiger partial charge in [0.15, 0.2) is 0 Å². The van der Waals surface area contributed by atoms with Crippen molar-refractivity contribution >= 4 is 28.5 Å². The number of rotatable bonds is 7. The second kappa shape index (κ2) is 8.68. The van der Waals surface area contributed by atoms with Gasteiger partial charge in [-0.05, 0) is 42.8 Å². The smallest absolute Gasteiger partial charge is 0.307 e. The van der Waals surface area contributed by atoms with Gasteiger partial charge in [-0.15, -0.1) is 0 Å². The van der Waals surface area contributed by atoms with E-state index >= 15 is 0 Å². The van der Waals surface area contributed by atoms with Crippen molar-refractivity contribution in [1.29, 1.82) is 0 Å². The van der Waals surface area contributed by atoms with E-state index < -0.39 is 5.97 Å². The Morgan fingerprint density at radius 2 is 1.93 bits per heavy atom. The maximum absolute atomic E-state index is 12.5. The van der Waals surface area contributed by atoms with Crippen molar-refractivity contribution in [3.05, 3.63) is 69.7 Å². The van der Waals surface area contributed by atoms with Crippen LogP contribution in [-0.4, -0.2) is 28.7 Å². The van der Waals surface area contributed by atoms with Gasteiger partial charge in [-0.2, -0.15) is 0 Å². The molecule has 0 bridgehead atoms. The van der Waals surface area contributed by atoms with Gasteiger partial charge in [-0.25, -0.2) is 4.98 Å². The number of aryl methyl sites for hydroxylation is 2. The standard InChI is InChI=1S/C20H19ClN2O4/c1-14-3-2-4-17-19(14)22-13-23(20(17)25)10-9-18(24)27-12-11-26-16-7-5-15(21)6-8-16/h2-8,13H,9-12H2,1H3. The summed E-state index contributed by atoms with van der Waals surface area (Å²) in [5, 5.41) is 1.17. The molecule has 0 saturated carbocycles. The molecule has 0 aliphatic rings. The number of aromatic nitrogens is 2. The lowest BCUT2D eigenvalue weighted by molar-refractivity contribution is -0.144. The average Bonchev–Trinajstić information content (AvgIpc) is 2.67. The summed E-state index contributed by atoms with van der Waals surface area (Å²) in [6, 6.07) is 12.4. The maximum Gasteiger partial charge on any atom is 0.307 e. The van der Waals surface area contributed by atoms with Crippen molar-refractivity contribution in [3.63, 3.8) is 0 Å². The molecule has 1 heterocycles. The Hall–Kier alpha value is -2.86. The van der Waals surface area contributed by atoms with Crippen molar-refractivity contribution in [1.82, 2.24) is 9.55 Å². The molecule has 2 aromatic carbocycles. The quantitative estimate of drug-likeness (QED) is 0.460.